The van der Waals surface area contributed by atoms with E-state index in [0.29, 0.717) is 0 Å². The Morgan fingerprint density at radius 3 is 2.77 bits per heavy atom. The molecule has 0 aliphatic carbocycles. The molecule has 0 bridgehead atoms. The Labute approximate surface area is 83.8 Å². The van der Waals surface area contributed by atoms with E-state index >= 15 is 0 Å². The Kier molecular flexibility index (Phi) is 2.33. The highest BCUT2D eigenvalue weighted by Crippen LogP contribution is 2.29. The summed E-state index contributed by atoms with van der Waals surface area (Å²) >= 11 is 3.35. The molecule has 1 heterocycles. The van der Waals surface area contributed by atoms with Gasteiger partial charge in [-0.1, -0.05) is 34.1 Å². The van der Waals surface area contributed by atoms with E-state index in [9.17, 15) is 4.79 Å². The van der Waals surface area contributed by atoms with E-state index in [1.54, 1.807) is 0 Å². The van der Waals surface area contributed by atoms with Gasteiger partial charge in [-0.2, -0.15) is 0 Å². The molecule has 1 aromatic rings. The molecule has 1 aliphatic rings. The number of cyclic esters (lactones) is 1. The van der Waals surface area contributed by atoms with Crippen molar-refractivity contribution in [2.45, 2.75) is 6.29 Å². The summed E-state index contributed by atoms with van der Waals surface area (Å²) in [5, 5.41) is 0. The van der Waals surface area contributed by atoms with Gasteiger partial charge in [0, 0.05) is 10.0 Å². The predicted molar refractivity (Wildman–Crippen MR) is 48.9 cm³/mol. The van der Waals surface area contributed by atoms with Crippen molar-refractivity contribution in [1.29, 1.82) is 0 Å². The van der Waals surface area contributed by atoms with Gasteiger partial charge in [0.05, 0.1) is 0 Å². The molecule has 1 aliphatic heterocycles. The maximum atomic E-state index is 10.8. The Bertz CT molecular complexity index is 337. The van der Waals surface area contributed by atoms with Crippen LogP contribution in [0.15, 0.2) is 28.7 Å². The highest BCUT2D eigenvalue weighted by atomic mass is 79.9. The second-order valence-corrected chi connectivity index (χ2v) is 3.51. The molecule has 0 aromatic heterocycles. The first kappa shape index (κ1) is 8.72. The van der Waals surface area contributed by atoms with Crippen LogP contribution < -0.4 is 0 Å². The van der Waals surface area contributed by atoms with Crippen LogP contribution in [0.1, 0.15) is 11.9 Å². The largest absolute Gasteiger partial charge is 0.429 e. The fraction of sp³-hybridized carbons (Fsp3) is 0.222. The summed E-state index contributed by atoms with van der Waals surface area (Å²) < 4.78 is 11.0. The molecule has 0 amide bonds. The van der Waals surface area contributed by atoms with Crippen LogP contribution >= 0.6 is 15.9 Å². The third-order valence-electron chi connectivity index (χ3n) is 1.75. The lowest BCUT2D eigenvalue weighted by Crippen LogP contribution is -2.00. The average Bonchev–Trinajstić information content (AvgIpc) is 2.53. The van der Waals surface area contributed by atoms with Gasteiger partial charge >= 0.3 is 5.97 Å². The number of hydrogen-bond acceptors (Lipinski definition) is 3. The molecular weight excluding hydrogens is 236 g/mol. The van der Waals surface area contributed by atoms with Crippen LogP contribution in [0.5, 0.6) is 0 Å². The van der Waals surface area contributed by atoms with Gasteiger partial charge in [-0.05, 0) is 6.07 Å². The Morgan fingerprint density at radius 1 is 1.38 bits per heavy atom. The molecule has 1 aromatic carbocycles. The molecule has 3 nitrogen and oxygen atoms in total. The van der Waals surface area contributed by atoms with Crippen LogP contribution in [0.2, 0.25) is 0 Å². The lowest BCUT2D eigenvalue weighted by molar-refractivity contribution is -0.143. The SMILES string of the molecule is O=C1COC(c2ccccc2Br)O1. The van der Waals surface area contributed by atoms with Gasteiger partial charge < -0.3 is 9.47 Å². The van der Waals surface area contributed by atoms with Gasteiger partial charge in [-0.15, -0.1) is 0 Å². The Hall–Kier alpha value is -0.870. The van der Waals surface area contributed by atoms with Crippen LogP contribution in [0.3, 0.4) is 0 Å². The maximum absolute atomic E-state index is 10.8. The minimum Gasteiger partial charge on any atom is -0.429 e. The molecule has 2 rings (SSSR count). The number of esters is 1. The molecule has 0 spiro atoms. The number of halogens is 1. The van der Waals surface area contributed by atoms with Crippen LogP contribution in [0.4, 0.5) is 0 Å². The van der Waals surface area contributed by atoms with Crippen molar-refractivity contribution in [2.24, 2.45) is 0 Å². The predicted octanol–water partition coefficient (Wildman–Crippen LogP) is 2.02. The zero-order valence-electron chi connectivity index (χ0n) is 6.70. The van der Waals surface area contributed by atoms with Crippen molar-refractivity contribution in [3.8, 4) is 0 Å². The summed E-state index contributed by atoms with van der Waals surface area (Å²) in [6.45, 7) is 0.0337. The molecule has 1 fully saturated rings. The normalized spacial score (nSPS) is 21.6. The highest BCUT2D eigenvalue weighted by Gasteiger charge is 2.26. The standard InChI is InChI=1S/C9H7BrO3/c10-7-4-2-1-3-6(7)9-12-5-8(11)13-9/h1-4,9H,5H2. The van der Waals surface area contributed by atoms with Crippen molar-refractivity contribution < 1.29 is 14.3 Å². The Morgan fingerprint density at radius 2 is 2.15 bits per heavy atom. The first-order valence-corrected chi connectivity index (χ1v) is 4.62. The van der Waals surface area contributed by atoms with Gasteiger partial charge in [-0.25, -0.2) is 4.79 Å². The van der Waals surface area contributed by atoms with Crippen LogP contribution in [0.25, 0.3) is 0 Å². The number of ether oxygens (including phenoxy) is 2. The van der Waals surface area contributed by atoms with Crippen LogP contribution in [0, 0.1) is 0 Å². The van der Waals surface area contributed by atoms with Crippen LogP contribution in [-0.4, -0.2) is 12.6 Å². The monoisotopic (exact) mass is 242 g/mol. The molecule has 1 saturated heterocycles. The molecule has 0 saturated carbocycles. The summed E-state index contributed by atoms with van der Waals surface area (Å²) in [5.74, 6) is -0.319. The van der Waals surface area contributed by atoms with E-state index in [0.717, 1.165) is 10.0 Å². The molecule has 68 valence electrons. The first-order chi connectivity index (χ1) is 6.27. The smallest absolute Gasteiger partial charge is 0.334 e. The molecule has 4 heteroatoms. The molecule has 0 radical (unpaired) electrons. The average molecular weight is 243 g/mol. The third-order valence-corrected chi connectivity index (χ3v) is 2.47. The molecule has 1 atom stereocenters. The lowest BCUT2D eigenvalue weighted by atomic mass is 10.2. The van der Waals surface area contributed by atoms with Crippen molar-refractivity contribution in [3.63, 3.8) is 0 Å². The maximum Gasteiger partial charge on any atom is 0.334 e. The summed E-state index contributed by atoms with van der Waals surface area (Å²) in [5.41, 5.74) is 0.841. The fourth-order valence-electron chi connectivity index (χ4n) is 1.15. The lowest BCUT2D eigenvalue weighted by Gasteiger charge is -2.09. The number of hydrogen-bond donors (Lipinski definition) is 0. The Balaban J connectivity index is 2.26. The second kappa shape index (κ2) is 3.47. The van der Waals surface area contributed by atoms with Crippen molar-refractivity contribution in [2.75, 3.05) is 6.61 Å². The number of carbonyl (C=O) groups excluding carboxylic acids is 1. The summed E-state index contributed by atoms with van der Waals surface area (Å²) in [6.07, 6.45) is -0.553. The van der Waals surface area contributed by atoms with Crippen molar-refractivity contribution in [1.82, 2.24) is 0 Å². The quantitative estimate of drug-likeness (QED) is 0.708. The zero-order chi connectivity index (χ0) is 9.26. The first-order valence-electron chi connectivity index (χ1n) is 3.83. The van der Waals surface area contributed by atoms with Gasteiger partial charge in [0.15, 0.2) is 0 Å². The summed E-state index contributed by atoms with van der Waals surface area (Å²) in [7, 11) is 0. The van der Waals surface area contributed by atoms with Gasteiger partial charge in [0.1, 0.15) is 6.61 Å². The van der Waals surface area contributed by atoms with E-state index in [4.69, 9.17) is 9.47 Å². The summed E-state index contributed by atoms with van der Waals surface area (Å²) in [6, 6.07) is 7.50. The number of carbonyl (C=O) groups is 1. The van der Waals surface area contributed by atoms with E-state index in [2.05, 4.69) is 15.9 Å². The van der Waals surface area contributed by atoms with E-state index < -0.39 is 6.29 Å². The second-order valence-electron chi connectivity index (χ2n) is 2.65. The van der Waals surface area contributed by atoms with E-state index in [1.165, 1.54) is 0 Å². The van der Waals surface area contributed by atoms with E-state index in [-0.39, 0.29) is 12.6 Å². The zero-order valence-corrected chi connectivity index (χ0v) is 8.28. The molecule has 1 unspecified atom stereocenters. The van der Waals surface area contributed by atoms with Gasteiger partial charge in [0.2, 0.25) is 6.29 Å². The fourth-order valence-corrected chi connectivity index (χ4v) is 1.62. The topological polar surface area (TPSA) is 35.5 Å². The molecule has 0 N–H and O–H groups in total. The van der Waals surface area contributed by atoms with Crippen molar-refractivity contribution in [3.05, 3.63) is 34.3 Å². The summed E-state index contributed by atoms with van der Waals surface area (Å²) in [4.78, 5) is 10.8. The van der Waals surface area contributed by atoms with Gasteiger partial charge in [0.25, 0.3) is 0 Å². The molecular formula is C9H7BrO3. The highest BCUT2D eigenvalue weighted by molar-refractivity contribution is 9.10. The minimum absolute atomic E-state index is 0.0337. The minimum atomic E-state index is -0.553. The third kappa shape index (κ3) is 1.73. The van der Waals surface area contributed by atoms with Crippen molar-refractivity contribution >= 4 is 21.9 Å². The van der Waals surface area contributed by atoms with E-state index in [1.807, 2.05) is 24.3 Å². The van der Waals surface area contributed by atoms with Crippen LogP contribution in [-0.2, 0) is 14.3 Å². The van der Waals surface area contributed by atoms with Gasteiger partial charge in [-0.3, -0.25) is 0 Å². The molecule has 13 heavy (non-hydrogen) atoms. The number of rotatable bonds is 1. The number of benzene rings is 1.